The molecule has 0 bridgehead atoms. The van der Waals surface area contributed by atoms with E-state index in [0.29, 0.717) is 0 Å². The molecule has 1 rings (SSSR count). The Bertz CT molecular complexity index is 264. The van der Waals surface area contributed by atoms with Crippen molar-refractivity contribution in [2.45, 2.75) is 18.8 Å². The van der Waals surface area contributed by atoms with Gasteiger partial charge in [0, 0.05) is 12.8 Å². The van der Waals surface area contributed by atoms with Crippen LogP contribution in [0.2, 0.25) is 0 Å². The number of carbonyl (C=O) groups excluding carboxylic acids is 1. The van der Waals surface area contributed by atoms with Gasteiger partial charge in [-0.15, -0.1) is 0 Å². The Morgan fingerprint density at radius 1 is 1.36 bits per heavy atom. The second-order valence-electron chi connectivity index (χ2n) is 3.34. The number of carboxylic acid groups (broad SMARTS) is 1. The number of hydrogen-bond donors (Lipinski definition) is 1. The fourth-order valence-corrected chi connectivity index (χ4v) is 1.67. The Labute approximate surface area is 78.8 Å². The average molecular weight is 208 g/mol. The standard InChI is InChI=1S/C8H10F2O4/c1-14-7(13)5-3-8(9,10)2-4(5)6(11)12/h4-5H,2-3H2,1H3,(H,11,12). The lowest BCUT2D eigenvalue weighted by molar-refractivity contribution is -0.154. The number of esters is 1. The minimum Gasteiger partial charge on any atom is -0.481 e. The van der Waals surface area contributed by atoms with Crippen LogP contribution in [0, 0.1) is 11.8 Å². The normalized spacial score (nSPS) is 29.9. The van der Waals surface area contributed by atoms with E-state index in [1.54, 1.807) is 0 Å². The summed E-state index contributed by atoms with van der Waals surface area (Å²) < 4.78 is 29.9. The minimum absolute atomic E-state index is 0.739. The third-order valence-corrected chi connectivity index (χ3v) is 2.34. The first kappa shape index (κ1) is 10.9. The number of aliphatic carboxylic acids is 1. The summed E-state index contributed by atoms with van der Waals surface area (Å²) in [5.41, 5.74) is 0. The van der Waals surface area contributed by atoms with Crippen molar-refractivity contribution in [3.8, 4) is 0 Å². The van der Waals surface area contributed by atoms with Gasteiger partial charge in [0.25, 0.3) is 0 Å². The first-order valence-electron chi connectivity index (χ1n) is 4.06. The zero-order chi connectivity index (χ0) is 10.9. The van der Waals surface area contributed by atoms with Crippen molar-refractivity contribution in [2.75, 3.05) is 7.11 Å². The van der Waals surface area contributed by atoms with Gasteiger partial charge in [0.05, 0.1) is 18.9 Å². The van der Waals surface area contributed by atoms with Crippen LogP contribution in [-0.4, -0.2) is 30.1 Å². The van der Waals surface area contributed by atoms with Crippen molar-refractivity contribution in [3.63, 3.8) is 0 Å². The lowest BCUT2D eigenvalue weighted by Crippen LogP contribution is -2.26. The molecule has 1 aliphatic carbocycles. The van der Waals surface area contributed by atoms with E-state index in [-0.39, 0.29) is 0 Å². The Balaban J connectivity index is 2.83. The van der Waals surface area contributed by atoms with Crippen LogP contribution in [-0.2, 0) is 14.3 Å². The molecule has 0 aliphatic heterocycles. The SMILES string of the molecule is COC(=O)C1CC(F)(F)CC1C(=O)O. The van der Waals surface area contributed by atoms with Crippen LogP contribution in [0.15, 0.2) is 0 Å². The number of halogens is 2. The number of carboxylic acids is 1. The fraction of sp³-hybridized carbons (Fsp3) is 0.750. The van der Waals surface area contributed by atoms with Crippen molar-refractivity contribution < 1.29 is 28.2 Å². The van der Waals surface area contributed by atoms with Crippen LogP contribution in [0.5, 0.6) is 0 Å². The highest BCUT2D eigenvalue weighted by Gasteiger charge is 2.52. The van der Waals surface area contributed by atoms with Crippen LogP contribution < -0.4 is 0 Å². The highest BCUT2D eigenvalue weighted by Crippen LogP contribution is 2.43. The quantitative estimate of drug-likeness (QED) is 0.685. The molecule has 1 saturated carbocycles. The molecule has 0 radical (unpaired) electrons. The molecule has 0 aromatic carbocycles. The maximum atomic E-state index is 12.8. The van der Waals surface area contributed by atoms with Crippen molar-refractivity contribution >= 4 is 11.9 Å². The predicted molar refractivity (Wildman–Crippen MR) is 40.8 cm³/mol. The van der Waals surface area contributed by atoms with Gasteiger partial charge in [-0.1, -0.05) is 0 Å². The molecule has 14 heavy (non-hydrogen) atoms. The summed E-state index contributed by atoms with van der Waals surface area (Å²) in [6.07, 6.45) is -1.53. The molecule has 0 aromatic heterocycles. The molecule has 0 amide bonds. The summed E-state index contributed by atoms with van der Waals surface area (Å²) in [6.45, 7) is 0. The van der Waals surface area contributed by atoms with Crippen LogP contribution in [0.3, 0.4) is 0 Å². The number of hydrogen-bond acceptors (Lipinski definition) is 3. The molecule has 1 aliphatic rings. The fourth-order valence-electron chi connectivity index (χ4n) is 1.67. The zero-order valence-electron chi connectivity index (χ0n) is 7.50. The highest BCUT2D eigenvalue weighted by atomic mass is 19.3. The molecule has 0 spiro atoms. The maximum Gasteiger partial charge on any atom is 0.309 e. The predicted octanol–water partition coefficient (Wildman–Crippen LogP) is 0.905. The van der Waals surface area contributed by atoms with Gasteiger partial charge in [-0.05, 0) is 0 Å². The molecule has 0 aromatic rings. The van der Waals surface area contributed by atoms with Gasteiger partial charge in [0.2, 0.25) is 5.92 Å². The molecule has 1 fully saturated rings. The lowest BCUT2D eigenvalue weighted by Gasteiger charge is -2.11. The summed E-state index contributed by atoms with van der Waals surface area (Å²) in [7, 11) is 1.05. The van der Waals surface area contributed by atoms with E-state index in [9.17, 15) is 18.4 Å². The van der Waals surface area contributed by atoms with E-state index in [4.69, 9.17) is 5.11 Å². The van der Waals surface area contributed by atoms with Crippen LogP contribution in [0.25, 0.3) is 0 Å². The average Bonchev–Trinajstić information content (AvgIpc) is 2.40. The van der Waals surface area contributed by atoms with Gasteiger partial charge >= 0.3 is 11.9 Å². The smallest absolute Gasteiger partial charge is 0.309 e. The van der Waals surface area contributed by atoms with E-state index < -0.39 is 42.5 Å². The van der Waals surface area contributed by atoms with Crippen LogP contribution in [0.1, 0.15) is 12.8 Å². The number of ether oxygens (including phenoxy) is 1. The molecular weight excluding hydrogens is 198 g/mol. The second-order valence-corrected chi connectivity index (χ2v) is 3.34. The number of methoxy groups -OCH3 is 1. The summed E-state index contributed by atoms with van der Waals surface area (Å²) in [5, 5.41) is 8.62. The van der Waals surface area contributed by atoms with E-state index in [1.165, 1.54) is 0 Å². The first-order valence-corrected chi connectivity index (χ1v) is 4.06. The van der Waals surface area contributed by atoms with Gasteiger partial charge in [-0.3, -0.25) is 9.59 Å². The van der Waals surface area contributed by atoms with Gasteiger partial charge in [-0.2, -0.15) is 0 Å². The Hall–Kier alpha value is -1.20. The third kappa shape index (κ3) is 2.00. The number of carbonyl (C=O) groups is 2. The monoisotopic (exact) mass is 208 g/mol. The Morgan fingerprint density at radius 3 is 2.29 bits per heavy atom. The largest absolute Gasteiger partial charge is 0.481 e. The van der Waals surface area contributed by atoms with Crippen molar-refractivity contribution in [1.82, 2.24) is 0 Å². The molecular formula is C8H10F2O4. The van der Waals surface area contributed by atoms with Gasteiger partial charge in [0.15, 0.2) is 0 Å². The van der Waals surface area contributed by atoms with Gasteiger partial charge in [-0.25, -0.2) is 8.78 Å². The molecule has 80 valence electrons. The summed E-state index contributed by atoms with van der Waals surface area (Å²) in [5.74, 6) is -7.90. The summed E-state index contributed by atoms with van der Waals surface area (Å²) in [6, 6.07) is 0. The van der Waals surface area contributed by atoms with Crippen LogP contribution in [0.4, 0.5) is 8.78 Å². The van der Waals surface area contributed by atoms with Crippen molar-refractivity contribution in [2.24, 2.45) is 11.8 Å². The second kappa shape index (κ2) is 3.51. The van der Waals surface area contributed by atoms with E-state index >= 15 is 0 Å². The number of alkyl halides is 2. The summed E-state index contributed by atoms with van der Waals surface area (Å²) in [4.78, 5) is 21.6. The van der Waals surface area contributed by atoms with E-state index in [0.717, 1.165) is 7.11 Å². The molecule has 2 unspecified atom stereocenters. The Kier molecular flexibility index (Phi) is 2.73. The first-order chi connectivity index (χ1) is 6.37. The zero-order valence-corrected chi connectivity index (χ0v) is 7.50. The Morgan fingerprint density at radius 2 is 1.86 bits per heavy atom. The van der Waals surface area contributed by atoms with Crippen LogP contribution >= 0.6 is 0 Å². The van der Waals surface area contributed by atoms with Crippen molar-refractivity contribution in [3.05, 3.63) is 0 Å². The molecule has 1 N–H and O–H groups in total. The lowest BCUT2D eigenvalue weighted by atomic mass is 9.97. The van der Waals surface area contributed by atoms with E-state index in [2.05, 4.69) is 4.74 Å². The van der Waals surface area contributed by atoms with Gasteiger partial charge in [0.1, 0.15) is 0 Å². The van der Waals surface area contributed by atoms with E-state index in [1.807, 2.05) is 0 Å². The molecule has 6 heteroatoms. The van der Waals surface area contributed by atoms with Gasteiger partial charge < -0.3 is 9.84 Å². The highest BCUT2D eigenvalue weighted by molar-refractivity contribution is 5.82. The van der Waals surface area contributed by atoms with Crippen molar-refractivity contribution in [1.29, 1.82) is 0 Å². The number of rotatable bonds is 2. The molecule has 0 saturated heterocycles. The third-order valence-electron chi connectivity index (χ3n) is 2.34. The molecule has 2 atom stereocenters. The molecule has 0 heterocycles. The molecule has 4 nitrogen and oxygen atoms in total. The minimum atomic E-state index is -3.08. The maximum absolute atomic E-state index is 12.8. The topological polar surface area (TPSA) is 63.6 Å². The summed E-state index contributed by atoms with van der Waals surface area (Å²) >= 11 is 0.